The first-order valence-electron chi connectivity index (χ1n) is 8.47. The summed E-state index contributed by atoms with van der Waals surface area (Å²) in [6.45, 7) is 6.83. The van der Waals surface area contributed by atoms with Gasteiger partial charge in [0.05, 0.1) is 7.11 Å². The fourth-order valence-electron chi connectivity index (χ4n) is 2.63. The van der Waals surface area contributed by atoms with Crippen molar-refractivity contribution in [2.24, 2.45) is 5.41 Å². The van der Waals surface area contributed by atoms with Gasteiger partial charge in [0, 0.05) is 6.04 Å². The summed E-state index contributed by atoms with van der Waals surface area (Å²) >= 11 is 0. The number of carbonyl (C=O) groups is 1. The number of benzene rings is 2. The topological polar surface area (TPSA) is 47.6 Å². The summed E-state index contributed by atoms with van der Waals surface area (Å²) in [6, 6.07) is 16.0. The molecule has 0 unspecified atom stereocenters. The van der Waals surface area contributed by atoms with Crippen molar-refractivity contribution in [3.8, 4) is 11.5 Å². The maximum atomic E-state index is 10.9. The fourth-order valence-corrected chi connectivity index (χ4v) is 2.63. The Kier molecular flexibility index (Phi) is 6.45. The number of nitrogens with one attached hydrogen (secondary N) is 1. The van der Waals surface area contributed by atoms with Crippen LogP contribution in [0.25, 0.3) is 0 Å². The first-order chi connectivity index (χ1) is 11.9. The van der Waals surface area contributed by atoms with E-state index >= 15 is 0 Å². The zero-order valence-electron chi connectivity index (χ0n) is 15.4. The molecule has 0 heterocycles. The predicted octanol–water partition coefficient (Wildman–Crippen LogP) is 3.98. The maximum Gasteiger partial charge on any atom is 0.207 e. The summed E-state index contributed by atoms with van der Waals surface area (Å²) in [7, 11) is 1.64. The number of methoxy groups -OCH3 is 1. The highest BCUT2D eigenvalue weighted by Crippen LogP contribution is 2.31. The van der Waals surface area contributed by atoms with Crippen LogP contribution in [0.3, 0.4) is 0 Å². The number of hydrogen-bond donors (Lipinski definition) is 1. The van der Waals surface area contributed by atoms with Crippen molar-refractivity contribution < 1.29 is 14.3 Å². The molecule has 0 saturated carbocycles. The van der Waals surface area contributed by atoms with Crippen LogP contribution in [-0.4, -0.2) is 19.6 Å². The molecule has 4 heteroatoms. The van der Waals surface area contributed by atoms with Crippen LogP contribution < -0.4 is 14.8 Å². The summed E-state index contributed by atoms with van der Waals surface area (Å²) < 4.78 is 11.4. The molecule has 0 radical (unpaired) electrons. The normalized spacial score (nSPS) is 12.3. The Morgan fingerprint density at radius 3 is 2.36 bits per heavy atom. The first kappa shape index (κ1) is 18.8. The molecule has 0 aliphatic rings. The van der Waals surface area contributed by atoms with Crippen LogP contribution >= 0.6 is 0 Å². The van der Waals surface area contributed by atoms with Gasteiger partial charge in [-0.2, -0.15) is 0 Å². The van der Waals surface area contributed by atoms with E-state index in [4.69, 9.17) is 9.47 Å². The Bertz CT molecular complexity index is 677. The third-order valence-corrected chi connectivity index (χ3v) is 4.22. The van der Waals surface area contributed by atoms with Crippen molar-refractivity contribution in [3.63, 3.8) is 0 Å². The Hall–Kier alpha value is -2.49. The highest BCUT2D eigenvalue weighted by Gasteiger charge is 2.24. The molecule has 0 fully saturated rings. The van der Waals surface area contributed by atoms with Gasteiger partial charge in [-0.1, -0.05) is 57.2 Å². The minimum atomic E-state index is -0.0358. The van der Waals surface area contributed by atoms with Crippen LogP contribution in [0.1, 0.15) is 31.9 Å². The number of carbonyl (C=O) groups excluding carboxylic acids is 1. The molecule has 1 atom stereocenters. The SMILES string of the molecule is COc1ccc(C[C@@H](NC=O)C(C)(C)C)cc1OCc1ccccc1. The predicted molar refractivity (Wildman–Crippen MR) is 99.9 cm³/mol. The van der Waals surface area contributed by atoms with Gasteiger partial charge < -0.3 is 14.8 Å². The van der Waals surface area contributed by atoms with Crippen LogP contribution in [0.15, 0.2) is 48.5 Å². The molecule has 0 bridgehead atoms. The summed E-state index contributed by atoms with van der Waals surface area (Å²) in [6.07, 6.45) is 1.50. The lowest BCUT2D eigenvalue weighted by Gasteiger charge is -2.30. The minimum Gasteiger partial charge on any atom is -0.493 e. The number of amides is 1. The van der Waals surface area contributed by atoms with E-state index in [-0.39, 0.29) is 11.5 Å². The smallest absolute Gasteiger partial charge is 0.207 e. The zero-order valence-corrected chi connectivity index (χ0v) is 15.4. The summed E-state index contributed by atoms with van der Waals surface area (Å²) in [5.74, 6) is 1.41. The number of hydrogen-bond acceptors (Lipinski definition) is 3. The highest BCUT2D eigenvalue weighted by molar-refractivity contribution is 5.48. The molecule has 0 aliphatic heterocycles. The van der Waals surface area contributed by atoms with Gasteiger partial charge in [0.25, 0.3) is 0 Å². The molecule has 25 heavy (non-hydrogen) atoms. The van der Waals surface area contributed by atoms with Gasteiger partial charge in [0.15, 0.2) is 11.5 Å². The van der Waals surface area contributed by atoms with Crippen LogP contribution in [-0.2, 0) is 17.8 Å². The first-order valence-corrected chi connectivity index (χ1v) is 8.47. The van der Waals surface area contributed by atoms with Crippen molar-refractivity contribution in [2.75, 3.05) is 7.11 Å². The lowest BCUT2D eigenvalue weighted by Crippen LogP contribution is -2.41. The van der Waals surface area contributed by atoms with Gasteiger partial charge in [-0.3, -0.25) is 4.79 Å². The van der Waals surface area contributed by atoms with E-state index in [9.17, 15) is 4.79 Å². The van der Waals surface area contributed by atoms with Crippen molar-refractivity contribution in [1.82, 2.24) is 5.32 Å². The Balaban J connectivity index is 2.16. The van der Waals surface area contributed by atoms with Crippen LogP contribution in [0.4, 0.5) is 0 Å². The lowest BCUT2D eigenvalue weighted by molar-refractivity contribution is -0.110. The molecule has 2 rings (SSSR count). The van der Waals surface area contributed by atoms with E-state index in [2.05, 4.69) is 26.1 Å². The summed E-state index contributed by atoms with van der Waals surface area (Å²) in [4.78, 5) is 10.9. The highest BCUT2D eigenvalue weighted by atomic mass is 16.5. The molecule has 2 aromatic rings. The van der Waals surface area contributed by atoms with Gasteiger partial charge in [0.1, 0.15) is 6.61 Å². The average Bonchev–Trinajstić information content (AvgIpc) is 2.60. The second kappa shape index (κ2) is 8.56. The molecule has 1 amide bonds. The van der Waals surface area contributed by atoms with E-state index in [0.717, 1.165) is 24.0 Å². The average molecular weight is 341 g/mol. The van der Waals surface area contributed by atoms with Crippen molar-refractivity contribution in [2.45, 2.75) is 39.8 Å². The molecule has 0 saturated heterocycles. The second-order valence-corrected chi connectivity index (χ2v) is 7.17. The van der Waals surface area contributed by atoms with E-state index in [1.54, 1.807) is 7.11 Å². The molecular formula is C21H27NO3. The molecule has 134 valence electrons. The number of rotatable bonds is 8. The van der Waals surface area contributed by atoms with Crippen LogP contribution in [0.2, 0.25) is 0 Å². The Labute approximate surface area is 150 Å². The molecule has 0 aliphatic carbocycles. The quantitative estimate of drug-likeness (QED) is 0.739. The monoisotopic (exact) mass is 341 g/mol. The van der Waals surface area contributed by atoms with Crippen molar-refractivity contribution in [1.29, 1.82) is 0 Å². The zero-order chi connectivity index (χ0) is 18.3. The van der Waals surface area contributed by atoms with Crippen LogP contribution in [0, 0.1) is 5.41 Å². The molecule has 2 aromatic carbocycles. The third-order valence-electron chi connectivity index (χ3n) is 4.22. The minimum absolute atomic E-state index is 0.0358. The maximum absolute atomic E-state index is 10.9. The largest absolute Gasteiger partial charge is 0.493 e. The fraction of sp³-hybridized carbons (Fsp3) is 0.381. The summed E-state index contributed by atoms with van der Waals surface area (Å²) in [5, 5.41) is 2.92. The third kappa shape index (κ3) is 5.52. The van der Waals surface area contributed by atoms with E-state index in [0.29, 0.717) is 18.1 Å². The van der Waals surface area contributed by atoms with E-state index in [1.165, 1.54) is 0 Å². The molecule has 1 N–H and O–H groups in total. The van der Waals surface area contributed by atoms with Crippen molar-refractivity contribution in [3.05, 3.63) is 59.7 Å². The van der Waals surface area contributed by atoms with Gasteiger partial charge in [-0.25, -0.2) is 0 Å². The molecular weight excluding hydrogens is 314 g/mol. The van der Waals surface area contributed by atoms with Crippen LogP contribution in [0.5, 0.6) is 11.5 Å². The Morgan fingerprint density at radius 2 is 1.76 bits per heavy atom. The lowest BCUT2D eigenvalue weighted by atomic mass is 9.83. The molecule has 0 spiro atoms. The number of ether oxygens (including phenoxy) is 2. The molecule has 0 aromatic heterocycles. The van der Waals surface area contributed by atoms with Gasteiger partial charge in [-0.05, 0) is 35.1 Å². The molecule has 4 nitrogen and oxygen atoms in total. The van der Waals surface area contributed by atoms with Gasteiger partial charge in [-0.15, -0.1) is 0 Å². The van der Waals surface area contributed by atoms with Gasteiger partial charge in [0.2, 0.25) is 6.41 Å². The van der Waals surface area contributed by atoms with Gasteiger partial charge >= 0.3 is 0 Å². The van der Waals surface area contributed by atoms with E-state index < -0.39 is 0 Å². The second-order valence-electron chi connectivity index (χ2n) is 7.17. The standard InChI is InChI=1S/C21H27NO3/c1-21(2,3)20(22-15-23)13-17-10-11-18(24-4)19(12-17)25-14-16-8-6-5-7-9-16/h5-12,15,20H,13-14H2,1-4H3,(H,22,23)/t20-/m1/s1. The van der Waals surface area contributed by atoms with Crippen molar-refractivity contribution >= 4 is 6.41 Å². The van der Waals surface area contributed by atoms with E-state index in [1.807, 2.05) is 48.5 Å². The Morgan fingerprint density at radius 1 is 1.04 bits per heavy atom. The summed E-state index contributed by atoms with van der Waals surface area (Å²) in [5.41, 5.74) is 2.16.